The second kappa shape index (κ2) is 4.91. The Balaban J connectivity index is 2.18. The van der Waals surface area contributed by atoms with Crippen LogP contribution in [0.2, 0.25) is 0 Å². The van der Waals surface area contributed by atoms with Crippen molar-refractivity contribution in [3.05, 3.63) is 29.8 Å². The minimum atomic E-state index is -1.17. The van der Waals surface area contributed by atoms with Gasteiger partial charge < -0.3 is 4.74 Å². The van der Waals surface area contributed by atoms with Gasteiger partial charge in [-0.2, -0.15) is 0 Å². The Labute approximate surface area is 112 Å². The van der Waals surface area contributed by atoms with Crippen LogP contribution in [-0.4, -0.2) is 18.4 Å². The van der Waals surface area contributed by atoms with E-state index in [0.29, 0.717) is 18.1 Å². The number of carbonyl (C=O) groups excluding carboxylic acids is 2. The quantitative estimate of drug-likeness (QED) is 0.800. The summed E-state index contributed by atoms with van der Waals surface area (Å²) in [6.45, 7) is 6.39. The average Bonchev–Trinajstić information content (AvgIpc) is 2.66. The van der Waals surface area contributed by atoms with Crippen molar-refractivity contribution < 1.29 is 14.3 Å². The summed E-state index contributed by atoms with van der Waals surface area (Å²) in [7, 11) is 0. The van der Waals surface area contributed by atoms with Gasteiger partial charge in [0.15, 0.2) is 5.41 Å². The van der Waals surface area contributed by atoms with E-state index in [1.807, 2.05) is 0 Å². The molecule has 2 amide bonds. The summed E-state index contributed by atoms with van der Waals surface area (Å²) < 4.78 is 5.57. The molecule has 5 heteroatoms. The van der Waals surface area contributed by atoms with Crippen molar-refractivity contribution >= 4 is 11.8 Å². The van der Waals surface area contributed by atoms with Gasteiger partial charge in [-0.25, -0.2) is 0 Å². The summed E-state index contributed by atoms with van der Waals surface area (Å²) in [6, 6.07) is 7.06. The zero-order chi connectivity index (χ0) is 14.0. The van der Waals surface area contributed by atoms with Crippen LogP contribution in [0.25, 0.3) is 0 Å². The fourth-order valence-corrected chi connectivity index (χ4v) is 1.88. The van der Waals surface area contributed by atoms with Gasteiger partial charge >= 0.3 is 0 Å². The molecule has 0 radical (unpaired) electrons. The molecule has 1 saturated heterocycles. The maximum Gasteiger partial charge on any atom is 0.258 e. The SMILES string of the molecule is CC(C)COc1ccc(C2(C)C(=O)NNC2=O)cc1. The molecule has 102 valence electrons. The Morgan fingerprint density at radius 1 is 1.11 bits per heavy atom. The summed E-state index contributed by atoms with van der Waals surface area (Å²) in [6.07, 6.45) is 0. The lowest BCUT2D eigenvalue weighted by molar-refractivity contribution is -0.129. The predicted molar refractivity (Wildman–Crippen MR) is 70.4 cm³/mol. The van der Waals surface area contributed by atoms with Crippen molar-refractivity contribution in [1.29, 1.82) is 0 Å². The summed E-state index contributed by atoms with van der Waals surface area (Å²) in [5.41, 5.74) is 4.17. The van der Waals surface area contributed by atoms with Crippen LogP contribution in [-0.2, 0) is 15.0 Å². The summed E-state index contributed by atoms with van der Waals surface area (Å²) in [4.78, 5) is 23.6. The van der Waals surface area contributed by atoms with Crippen LogP contribution < -0.4 is 15.6 Å². The highest BCUT2D eigenvalue weighted by Gasteiger charge is 2.47. The highest BCUT2D eigenvalue weighted by molar-refractivity contribution is 6.14. The van der Waals surface area contributed by atoms with Gasteiger partial charge in [-0.05, 0) is 30.5 Å². The van der Waals surface area contributed by atoms with Crippen LogP contribution in [0.4, 0.5) is 0 Å². The number of hydrogen-bond donors (Lipinski definition) is 2. The Hall–Kier alpha value is -2.04. The summed E-state index contributed by atoms with van der Waals surface area (Å²) in [5.74, 6) is 0.505. The molecule has 1 aliphatic heterocycles. The third kappa shape index (κ3) is 2.41. The van der Waals surface area contributed by atoms with E-state index in [0.717, 1.165) is 5.75 Å². The van der Waals surface area contributed by atoms with Crippen LogP contribution in [0.1, 0.15) is 26.3 Å². The van der Waals surface area contributed by atoms with Crippen LogP contribution >= 0.6 is 0 Å². The first-order valence-electron chi connectivity index (χ1n) is 6.29. The van der Waals surface area contributed by atoms with E-state index >= 15 is 0 Å². The average molecular weight is 262 g/mol. The molecule has 0 unspecified atom stereocenters. The van der Waals surface area contributed by atoms with Crippen LogP contribution in [0.3, 0.4) is 0 Å². The van der Waals surface area contributed by atoms with Gasteiger partial charge in [0, 0.05) is 0 Å². The maximum atomic E-state index is 11.8. The Morgan fingerprint density at radius 3 is 2.11 bits per heavy atom. The second-order valence-electron chi connectivity index (χ2n) is 5.26. The largest absolute Gasteiger partial charge is 0.493 e. The zero-order valence-corrected chi connectivity index (χ0v) is 11.3. The molecule has 0 spiro atoms. The van der Waals surface area contributed by atoms with Crippen molar-refractivity contribution in [1.82, 2.24) is 10.9 Å². The molecule has 1 aliphatic rings. The maximum absolute atomic E-state index is 11.8. The molecule has 1 aromatic carbocycles. The molecule has 2 rings (SSSR count). The Kier molecular flexibility index (Phi) is 3.46. The molecule has 5 nitrogen and oxygen atoms in total. The van der Waals surface area contributed by atoms with Gasteiger partial charge in [0.05, 0.1) is 6.61 Å². The summed E-state index contributed by atoms with van der Waals surface area (Å²) >= 11 is 0. The molecule has 1 heterocycles. The van der Waals surface area contributed by atoms with Crippen molar-refractivity contribution in [3.63, 3.8) is 0 Å². The van der Waals surface area contributed by atoms with E-state index in [9.17, 15) is 9.59 Å². The molecule has 0 aromatic heterocycles. The number of ether oxygens (including phenoxy) is 1. The zero-order valence-electron chi connectivity index (χ0n) is 11.3. The number of benzene rings is 1. The van der Waals surface area contributed by atoms with Gasteiger partial charge in [0.25, 0.3) is 11.8 Å². The van der Waals surface area contributed by atoms with E-state index in [-0.39, 0.29) is 11.8 Å². The van der Waals surface area contributed by atoms with Crippen molar-refractivity contribution in [2.75, 3.05) is 6.61 Å². The van der Waals surface area contributed by atoms with Gasteiger partial charge in [-0.15, -0.1) is 0 Å². The van der Waals surface area contributed by atoms with Crippen LogP contribution in [0, 0.1) is 5.92 Å². The number of rotatable bonds is 4. The molecule has 0 saturated carbocycles. The highest BCUT2D eigenvalue weighted by Crippen LogP contribution is 2.28. The fourth-order valence-electron chi connectivity index (χ4n) is 1.88. The van der Waals surface area contributed by atoms with E-state index in [1.165, 1.54) is 0 Å². The van der Waals surface area contributed by atoms with Gasteiger partial charge in [0.1, 0.15) is 5.75 Å². The Bertz CT molecular complexity index is 478. The van der Waals surface area contributed by atoms with Crippen molar-refractivity contribution in [3.8, 4) is 5.75 Å². The smallest absolute Gasteiger partial charge is 0.258 e. The number of carbonyl (C=O) groups is 2. The molecule has 1 aromatic rings. The molecule has 0 aliphatic carbocycles. The molecule has 2 N–H and O–H groups in total. The molecule has 1 fully saturated rings. The first-order valence-corrected chi connectivity index (χ1v) is 6.29. The first kappa shape index (κ1) is 13.4. The van der Waals surface area contributed by atoms with Crippen molar-refractivity contribution in [2.24, 2.45) is 5.92 Å². The molecule has 0 atom stereocenters. The van der Waals surface area contributed by atoms with Crippen LogP contribution in [0.15, 0.2) is 24.3 Å². The van der Waals surface area contributed by atoms with Gasteiger partial charge in [0.2, 0.25) is 0 Å². The number of amides is 2. The van der Waals surface area contributed by atoms with Crippen molar-refractivity contribution in [2.45, 2.75) is 26.2 Å². The fraction of sp³-hybridized carbons (Fsp3) is 0.429. The molecular weight excluding hydrogens is 244 g/mol. The van der Waals surface area contributed by atoms with Gasteiger partial charge in [-0.1, -0.05) is 26.0 Å². The topological polar surface area (TPSA) is 67.4 Å². The third-order valence-electron chi connectivity index (χ3n) is 3.21. The number of hydrogen-bond acceptors (Lipinski definition) is 3. The standard InChI is InChI=1S/C14H18N2O3/c1-9(2)8-19-11-6-4-10(5-7-11)14(3)12(17)15-16-13(14)18/h4-7,9H,8H2,1-3H3,(H,15,17)(H,16,18). The number of hydrazine groups is 1. The minimum absolute atomic E-state index is 0.339. The lowest BCUT2D eigenvalue weighted by atomic mass is 9.82. The second-order valence-corrected chi connectivity index (χ2v) is 5.26. The Morgan fingerprint density at radius 2 is 1.63 bits per heavy atom. The predicted octanol–water partition coefficient (Wildman–Crippen LogP) is 1.14. The summed E-state index contributed by atoms with van der Waals surface area (Å²) in [5, 5.41) is 0. The van der Waals surface area contributed by atoms with Crippen LogP contribution in [0.5, 0.6) is 5.75 Å². The lowest BCUT2D eigenvalue weighted by Gasteiger charge is -2.18. The van der Waals surface area contributed by atoms with Gasteiger partial charge in [-0.3, -0.25) is 20.4 Å². The molecule has 0 bridgehead atoms. The monoisotopic (exact) mass is 262 g/mol. The lowest BCUT2D eigenvalue weighted by Crippen LogP contribution is -2.37. The highest BCUT2D eigenvalue weighted by atomic mass is 16.5. The molecule has 19 heavy (non-hydrogen) atoms. The molecular formula is C14H18N2O3. The van der Waals surface area contributed by atoms with E-state index in [4.69, 9.17) is 4.74 Å². The van der Waals surface area contributed by atoms with E-state index in [1.54, 1.807) is 31.2 Å². The first-order chi connectivity index (χ1) is 8.94. The van der Waals surface area contributed by atoms with E-state index in [2.05, 4.69) is 24.7 Å². The normalized spacial score (nSPS) is 17.3. The third-order valence-corrected chi connectivity index (χ3v) is 3.21. The minimum Gasteiger partial charge on any atom is -0.493 e. The number of nitrogens with one attached hydrogen (secondary N) is 2. The van der Waals surface area contributed by atoms with E-state index < -0.39 is 5.41 Å².